The Morgan fingerprint density at radius 2 is 2.00 bits per heavy atom. The Morgan fingerprint density at radius 3 is 2.82 bits per heavy atom. The van der Waals surface area contributed by atoms with E-state index in [4.69, 9.17) is 16.3 Å². The lowest BCUT2D eigenvalue weighted by atomic mass is 10.1. The average Bonchev–Trinajstić information content (AvgIpc) is 2.56. The summed E-state index contributed by atoms with van der Waals surface area (Å²) in [6, 6.07) is 16.0. The molecule has 4 heteroatoms. The molecule has 0 radical (unpaired) electrons. The van der Waals surface area contributed by atoms with Crippen molar-refractivity contribution in [3.05, 3.63) is 70.2 Å². The lowest BCUT2D eigenvalue weighted by molar-refractivity contribution is 0.107. The topological polar surface area (TPSA) is 33.6 Å². The predicted octanol–water partition coefficient (Wildman–Crippen LogP) is 3.80. The van der Waals surface area contributed by atoms with Crippen molar-refractivity contribution in [3.8, 4) is 0 Å². The summed E-state index contributed by atoms with van der Waals surface area (Å²) >= 11 is 5.99. The fourth-order valence-corrected chi connectivity index (χ4v) is 2.71. The van der Waals surface area contributed by atoms with Crippen LogP contribution in [0.2, 0.25) is 5.02 Å². The van der Waals surface area contributed by atoms with E-state index in [1.54, 1.807) is 0 Å². The van der Waals surface area contributed by atoms with Crippen LogP contribution >= 0.6 is 11.6 Å². The molecular weight excluding hydrogens is 296 g/mol. The summed E-state index contributed by atoms with van der Waals surface area (Å²) in [5.74, 6) is 0.980. The van der Waals surface area contributed by atoms with Crippen molar-refractivity contribution in [2.24, 2.45) is 4.99 Å². The molecule has 0 unspecified atom stereocenters. The van der Waals surface area contributed by atoms with Crippen molar-refractivity contribution in [2.75, 3.05) is 13.1 Å². The molecule has 2 aromatic rings. The molecule has 114 valence electrons. The van der Waals surface area contributed by atoms with Gasteiger partial charge >= 0.3 is 0 Å². The van der Waals surface area contributed by atoms with Gasteiger partial charge < -0.3 is 10.1 Å². The van der Waals surface area contributed by atoms with Crippen LogP contribution < -0.4 is 5.32 Å². The van der Waals surface area contributed by atoms with Gasteiger partial charge in [0.05, 0.1) is 13.2 Å². The Balaban J connectivity index is 1.66. The van der Waals surface area contributed by atoms with E-state index in [-0.39, 0.29) is 0 Å². The Morgan fingerprint density at radius 1 is 1.09 bits per heavy atom. The van der Waals surface area contributed by atoms with E-state index in [0.29, 0.717) is 13.2 Å². The lowest BCUT2D eigenvalue weighted by Gasteiger charge is -2.17. The molecule has 1 heterocycles. The highest BCUT2D eigenvalue weighted by Crippen LogP contribution is 2.15. The average molecular weight is 315 g/mol. The Kier molecular flexibility index (Phi) is 5.09. The highest BCUT2D eigenvalue weighted by atomic mass is 35.5. The van der Waals surface area contributed by atoms with Crippen LogP contribution in [0.1, 0.15) is 23.1 Å². The highest BCUT2D eigenvalue weighted by molar-refractivity contribution is 6.30. The fraction of sp³-hybridized carbons (Fsp3) is 0.278. The normalized spacial score (nSPS) is 14.3. The maximum atomic E-state index is 5.99. The van der Waals surface area contributed by atoms with Crippen LogP contribution in [0.3, 0.4) is 0 Å². The molecule has 0 fully saturated rings. The van der Waals surface area contributed by atoms with Crippen LogP contribution in [0.5, 0.6) is 0 Å². The molecular formula is C18H19ClN2O. The van der Waals surface area contributed by atoms with Crippen molar-refractivity contribution in [2.45, 2.75) is 19.6 Å². The van der Waals surface area contributed by atoms with Crippen molar-refractivity contribution >= 4 is 17.4 Å². The molecule has 2 aromatic carbocycles. The quantitative estimate of drug-likeness (QED) is 0.911. The summed E-state index contributed by atoms with van der Waals surface area (Å²) < 4.78 is 5.85. The Hall–Kier alpha value is -1.84. The Bertz CT molecular complexity index is 670. The van der Waals surface area contributed by atoms with Gasteiger partial charge in [-0.25, -0.2) is 0 Å². The SMILES string of the molecule is Clc1cccc(COCc2ccccc2C2=NCCCN2)c1. The molecule has 1 aliphatic heterocycles. The van der Waals surface area contributed by atoms with Crippen molar-refractivity contribution < 1.29 is 4.74 Å². The van der Waals surface area contributed by atoms with E-state index >= 15 is 0 Å². The molecule has 0 aromatic heterocycles. The van der Waals surface area contributed by atoms with Crippen LogP contribution in [0.25, 0.3) is 0 Å². The highest BCUT2D eigenvalue weighted by Gasteiger charge is 2.11. The maximum Gasteiger partial charge on any atom is 0.128 e. The van der Waals surface area contributed by atoms with Gasteiger partial charge in [0, 0.05) is 23.7 Å². The standard InChI is InChI=1S/C18H19ClN2O/c19-16-7-3-5-14(11-16)12-22-13-15-6-1-2-8-17(15)18-20-9-4-10-21-18/h1-3,5-8,11H,4,9-10,12-13H2,(H,20,21). The van der Waals surface area contributed by atoms with E-state index in [1.165, 1.54) is 0 Å². The summed E-state index contributed by atoms with van der Waals surface area (Å²) in [6.45, 7) is 2.98. The van der Waals surface area contributed by atoms with Gasteiger partial charge in [0.1, 0.15) is 5.84 Å². The van der Waals surface area contributed by atoms with Crippen LogP contribution in [0.15, 0.2) is 53.5 Å². The van der Waals surface area contributed by atoms with Crippen LogP contribution in [-0.4, -0.2) is 18.9 Å². The van der Waals surface area contributed by atoms with Gasteiger partial charge in [-0.2, -0.15) is 0 Å². The third-order valence-electron chi connectivity index (χ3n) is 3.59. The number of benzene rings is 2. The zero-order chi connectivity index (χ0) is 15.2. The molecule has 22 heavy (non-hydrogen) atoms. The van der Waals surface area contributed by atoms with Gasteiger partial charge in [-0.1, -0.05) is 48.0 Å². The first-order valence-corrected chi connectivity index (χ1v) is 7.89. The summed E-state index contributed by atoms with van der Waals surface area (Å²) in [5, 5.41) is 4.11. The molecule has 0 aliphatic carbocycles. The summed E-state index contributed by atoms with van der Waals surface area (Å²) in [4.78, 5) is 4.57. The first-order chi connectivity index (χ1) is 10.8. The number of nitrogens with one attached hydrogen (secondary N) is 1. The van der Waals surface area contributed by atoms with Crippen LogP contribution in [-0.2, 0) is 18.0 Å². The van der Waals surface area contributed by atoms with Crippen molar-refractivity contribution in [1.29, 1.82) is 0 Å². The van der Waals surface area contributed by atoms with Gasteiger partial charge in [-0.15, -0.1) is 0 Å². The minimum atomic E-state index is 0.550. The van der Waals surface area contributed by atoms with Crippen LogP contribution in [0.4, 0.5) is 0 Å². The fourth-order valence-electron chi connectivity index (χ4n) is 2.50. The second-order valence-electron chi connectivity index (χ2n) is 5.29. The second-order valence-corrected chi connectivity index (χ2v) is 5.73. The van der Waals surface area contributed by atoms with E-state index < -0.39 is 0 Å². The third-order valence-corrected chi connectivity index (χ3v) is 3.82. The monoisotopic (exact) mass is 314 g/mol. The van der Waals surface area contributed by atoms with Gasteiger partial charge in [0.15, 0.2) is 0 Å². The third kappa shape index (κ3) is 3.87. The lowest BCUT2D eigenvalue weighted by Crippen LogP contribution is -2.31. The number of amidine groups is 1. The summed E-state index contributed by atoms with van der Waals surface area (Å²) in [6.07, 6.45) is 1.09. The molecule has 0 amide bonds. The van der Waals surface area contributed by atoms with E-state index in [1.807, 2.05) is 36.4 Å². The number of halogens is 1. The molecule has 1 N–H and O–H groups in total. The number of hydrogen-bond acceptors (Lipinski definition) is 3. The molecule has 0 spiro atoms. The van der Waals surface area contributed by atoms with Gasteiger partial charge in [-0.05, 0) is 29.7 Å². The van der Waals surface area contributed by atoms with Crippen LogP contribution in [0, 0.1) is 0 Å². The minimum absolute atomic E-state index is 0.550. The first-order valence-electron chi connectivity index (χ1n) is 7.52. The van der Waals surface area contributed by atoms with E-state index in [0.717, 1.165) is 47.1 Å². The molecule has 0 bridgehead atoms. The Labute approximate surface area is 136 Å². The smallest absolute Gasteiger partial charge is 0.128 e. The zero-order valence-corrected chi connectivity index (χ0v) is 13.1. The molecule has 0 saturated carbocycles. The molecule has 0 saturated heterocycles. The van der Waals surface area contributed by atoms with E-state index in [9.17, 15) is 0 Å². The number of rotatable bonds is 5. The van der Waals surface area contributed by atoms with Gasteiger partial charge in [0.2, 0.25) is 0 Å². The summed E-state index contributed by atoms with van der Waals surface area (Å²) in [7, 11) is 0. The number of aliphatic imine (C=N–C) groups is 1. The molecule has 1 aliphatic rings. The minimum Gasteiger partial charge on any atom is -0.372 e. The predicted molar refractivity (Wildman–Crippen MR) is 90.4 cm³/mol. The number of nitrogens with zero attached hydrogens (tertiary/aromatic N) is 1. The van der Waals surface area contributed by atoms with Gasteiger partial charge in [-0.3, -0.25) is 4.99 Å². The van der Waals surface area contributed by atoms with Crippen molar-refractivity contribution in [3.63, 3.8) is 0 Å². The number of ether oxygens (including phenoxy) is 1. The molecule has 3 nitrogen and oxygen atoms in total. The first kappa shape index (κ1) is 15.1. The van der Waals surface area contributed by atoms with Crippen molar-refractivity contribution in [1.82, 2.24) is 5.32 Å². The maximum absolute atomic E-state index is 5.99. The second kappa shape index (κ2) is 7.43. The largest absolute Gasteiger partial charge is 0.372 e. The summed E-state index contributed by atoms with van der Waals surface area (Å²) in [5.41, 5.74) is 3.36. The zero-order valence-electron chi connectivity index (χ0n) is 12.4. The van der Waals surface area contributed by atoms with Gasteiger partial charge in [0.25, 0.3) is 0 Å². The number of hydrogen-bond donors (Lipinski definition) is 1. The van der Waals surface area contributed by atoms with E-state index in [2.05, 4.69) is 22.4 Å². The molecule has 0 atom stereocenters. The molecule has 3 rings (SSSR count).